The van der Waals surface area contributed by atoms with Gasteiger partial charge in [0, 0.05) is 29.6 Å². The Hall–Kier alpha value is -3.90. The fourth-order valence-corrected chi connectivity index (χ4v) is 3.49. The Bertz CT molecular complexity index is 1440. The zero-order valence-corrected chi connectivity index (χ0v) is 19.6. The minimum Gasteiger partial charge on any atom is -0.375 e. The van der Waals surface area contributed by atoms with Crippen molar-refractivity contribution in [1.29, 1.82) is 5.26 Å². The second kappa shape index (κ2) is 10.4. The fraction of sp³-hybridized carbons (Fsp3) is 0.208. The van der Waals surface area contributed by atoms with Crippen molar-refractivity contribution in [2.75, 3.05) is 5.32 Å². The van der Waals surface area contributed by atoms with Crippen LogP contribution in [0.15, 0.2) is 41.5 Å². The van der Waals surface area contributed by atoms with E-state index in [-0.39, 0.29) is 32.9 Å². The smallest absolute Gasteiger partial charge is 0.344 e. The first kappa shape index (κ1) is 24.7. The molecule has 7 nitrogen and oxygen atoms in total. The summed E-state index contributed by atoms with van der Waals surface area (Å²) in [6.07, 6.45) is 2.51. The van der Waals surface area contributed by atoms with Crippen LogP contribution in [0.4, 0.5) is 14.5 Å². The molecule has 1 aromatic carbocycles. The lowest BCUT2D eigenvalue weighted by atomic mass is 10.0. The number of anilines is 1. The molecule has 3 aromatic heterocycles. The minimum absolute atomic E-state index is 0.0590. The first-order valence-corrected chi connectivity index (χ1v) is 10.8. The molecular weight excluding hydrogens is 462 g/mol. The number of H-pyrrole nitrogens is 1. The van der Waals surface area contributed by atoms with E-state index in [2.05, 4.69) is 25.3 Å². The van der Waals surface area contributed by atoms with Gasteiger partial charge in [0.15, 0.2) is 5.82 Å². The lowest BCUT2D eigenvalue weighted by Crippen LogP contribution is -2.12. The second-order valence-corrected chi connectivity index (χ2v) is 7.47. The molecule has 0 radical (unpaired) electrons. The van der Waals surface area contributed by atoms with E-state index in [1.165, 1.54) is 36.7 Å². The lowest BCUT2D eigenvalue weighted by Gasteiger charge is -2.20. The molecule has 10 heteroatoms. The molecule has 1 unspecified atom stereocenters. The third kappa shape index (κ3) is 4.87. The highest BCUT2D eigenvalue weighted by Gasteiger charge is 2.20. The number of hydrogen-bond donors (Lipinski definition) is 2. The predicted octanol–water partition coefficient (Wildman–Crippen LogP) is 5.69. The molecule has 1 atom stereocenters. The normalized spacial score (nSPS) is 11.4. The SMILES string of the molecule is CC.Cc1nc2cc(F)c(-c3cnc(=O)[nH]c3)nc2c(NC(C)c2cc(C#N)ccc2F)c1Cl. The number of halogens is 3. The van der Waals surface area contributed by atoms with E-state index in [9.17, 15) is 13.6 Å². The molecule has 174 valence electrons. The van der Waals surface area contributed by atoms with Gasteiger partial charge in [0.2, 0.25) is 0 Å². The average molecular weight is 483 g/mol. The quantitative estimate of drug-likeness (QED) is 0.387. The monoisotopic (exact) mass is 482 g/mol. The summed E-state index contributed by atoms with van der Waals surface area (Å²) >= 11 is 6.50. The maximum Gasteiger partial charge on any atom is 0.344 e. The predicted molar refractivity (Wildman–Crippen MR) is 128 cm³/mol. The van der Waals surface area contributed by atoms with Gasteiger partial charge >= 0.3 is 5.69 Å². The third-order valence-corrected chi connectivity index (χ3v) is 5.38. The van der Waals surface area contributed by atoms with Crippen LogP contribution in [0.25, 0.3) is 22.3 Å². The molecule has 4 rings (SSSR count). The Balaban J connectivity index is 0.00000158. The zero-order chi connectivity index (χ0) is 25.0. The maximum absolute atomic E-state index is 14.8. The van der Waals surface area contributed by atoms with E-state index in [0.29, 0.717) is 16.9 Å². The van der Waals surface area contributed by atoms with E-state index in [1.54, 1.807) is 13.8 Å². The van der Waals surface area contributed by atoms with Crippen molar-refractivity contribution >= 4 is 28.3 Å². The first-order valence-electron chi connectivity index (χ1n) is 10.5. The van der Waals surface area contributed by atoms with Crippen LogP contribution >= 0.6 is 11.6 Å². The van der Waals surface area contributed by atoms with Crippen molar-refractivity contribution in [1.82, 2.24) is 19.9 Å². The Labute approximate surface area is 199 Å². The van der Waals surface area contributed by atoms with Crippen LogP contribution in [-0.4, -0.2) is 19.9 Å². The van der Waals surface area contributed by atoms with E-state index in [0.717, 1.165) is 0 Å². The number of hydrogen-bond acceptors (Lipinski definition) is 6. The van der Waals surface area contributed by atoms with Crippen LogP contribution in [0.1, 0.15) is 43.6 Å². The van der Waals surface area contributed by atoms with Gasteiger partial charge in [-0.25, -0.2) is 28.5 Å². The molecule has 0 saturated carbocycles. The molecule has 34 heavy (non-hydrogen) atoms. The first-order chi connectivity index (χ1) is 16.3. The maximum atomic E-state index is 14.8. The summed E-state index contributed by atoms with van der Waals surface area (Å²) < 4.78 is 29.2. The molecule has 0 aliphatic carbocycles. The molecule has 0 aliphatic rings. The standard InChI is InChI=1S/C22H15ClF2N6O.C2H6/c1-10(14-5-12(7-26)3-4-15(14)24)30-21-18(23)11(2)29-17-6-16(25)19(31-20(17)21)13-8-27-22(32)28-9-13;1-2/h3-6,8-10H,1-2H3,(H,29,30)(H,27,28,32);1-2H3. The molecule has 0 spiro atoms. The van der Waals surface area contributed by atoms with Gasteiger partial charge in [-0.3, -0.25) is 0 Å². The van der Waals surface area contributed by atoms with Crippen LogP contribution in [0.3, 0.4) is 0 Å². The van der Waals surface area contributed by atoms with Crippen molar-refractivity contribution in [3.63, 3.8) is 0 Å². The number of aromatic nitrogens is 4. The van der Waals surface area contributed by atoms with E-state index >= 15 is 0 Å². The molecule has 0 aliphatic heterocycles. The summed E-state index contributed by atoms with van der Waals surface area (Å²) in [7, 11) is 0. The van der Waals surface area contributed by atoms with E-state index in [4.69, 9.17) is 16.9 Å². The van der Waals surface area contributed by atoms with Crippen molar-refractivity contribution in [3.8, 4) is 17.3 Å². The Morgan fingerprint density at radius 2 is 1.91 bits per heavy atom. The number of aromatic amines is 1. The fourth-order valence-electron chi connectivity index (χ4n) is 3.31. The number of pyridine rings is 2. The molecule has 0 fully saturated rings. The molecule has 0 saturated heterocycles. The second-order valence-electron chi connectivity index (χ2n) is 7.09. The van der Waals surface area contributed by atoms with Gasteiger partial charge in [-0.2, -0.15) is 5.26 Å². The molecule has 0 bridgehead atoms. The van der Waals surface area contributed by atoms with Gasteiger partial charge in [0.1, 0.15) is 17.0 Å². The number of aryl methyl sites for hydroxylation is 1. The van der Waals surface area contributed by atoms with Gasteiger partial charge in [-0.1, -0.05) is 25.4 Å². The van der Waals surface area contributed by atoms with Crippen molar-refractivity contribution < 1.29 is 8.78 Å². The molecule has 0 amide bonds. The van der Waals surface area contributed by atoms with Gasteiger partial charge in [-0.15, -0.1) is 0 Å². The third-order valence-electron chi connectivity index (χ3n) is 4.92. The van der Waals surface area contributed by atoms with Crippen molar-refractivity contribution in [2.45, 2.75) is 33.7 Å². The van der Waals surface area contributed by atoms with E-state index < -0.39 is 23.4 Å². The summed E-state index contributed by atoms with van der Waals surface area (Å²) in [5.41, 5.74) is 1.46. The summed E-state index contributed by atoms with van der Waals surface area (Å²) in [5.74, 6) is -1.15. The van der Waals surface area contributed by atoms with Crippen LogP contribution in [-0.2, 0) is 0 Å². The number of nitriles is 1. The van der Waals surface area contributed by atoms with Gasteiger partial charge in [0.25, 0.3) is 0 Å². The van der Waals surface area contributed by atoms with Crippen LogP contribution in [0, 0.1) is 29.9 Å². The van der Waals surface area contributed by atoms with Crippen LogP contribution < -0.4 is 11.0 Å². The largest absolute Gasteiger partial charge is 0.375 e. The van der Waals surface area contributed by atoms with Gasteiger partial charge in [0.05, 0.1) is 39.6 Å². The van der Waals surface area contributed by atoms with Gasteiger partial charge < -0.3 is 10.3 Å². The Morgan fingerprint density at radius 1 is 1.18 bits per heavy atom. The highest BCUT2D eigenvalue weighted by Crippen LogP contribution is 2.36. The Morgan fingerprint density at radius 3 is 2.56 bits per heavy atom. The highest BCUT2D eigenvalue weighted by molar-refractivity contribution is 6.35. The lowest BCUT2D eigenvalue weighted by molar-refractivity contribution is 0.600. The average Bonchev–Trinajstić information content (AvgIpc) is 2.84. The molecule has 3 heterocycles. The Kier molecular flexibility index (Phi) is 7.54. The highest BCUT2D eigenvalue weighted by atomic mass is 35.5. The number of nitrogens with zero attached hydrogens (tertiary/aromatic N) is 4. The van der Waals surface area contributed by atoms with Crippen molar-refractivity contribution in [2.24, 2.45) is 0 Å². The number of benzene rings is 1. The van der Waals surface area contributed by atoms with E-state index in [1.807, 2.05) is 19.9 Å². The van der Waals surface area contributed by atoms with Crippen molar-refractivity contribution in [3.05, 3.63) is 80.6 Å². The summed E-state index contributed by atoms with van der Waals surface area (Å²) in [6.45, 7) is 7.36. The van der Waals surface area contributed by atoms with Crippen LogP contribution in [0.5, 0.6) is 0 Å². The summed E-state index contributed by atoms with van der Waals surface area (Å²) in [6, 6.07) is 6.64. The van der Waals surface area contributed by atoms with Crippen LogP contribution in [0.2, 0.25) is 5.02 Å². The number of rotatable bonds is 4. The topological polar surface area (TPSA) is 107 Å². The molecule has 4 aromatic rings. The summed E-state index contributed by atoms with van der Waals surface area (Å²) in [5, 5.41) is 12.5. The van der Waals surface area contributed by atoms with Gasteiger partial charge in [-0.05, 0) is 32.0 Å². The summed E-state index contributed by atoms with van der Waals surface area (Å²) in [4.78, 5) is 25.9. The number of fused-ring (bicyclic) bond motifs is 1. The zero-order valence-electron chi connectivity index (χ0n) is 18.9. The molecule has 2 N–H and O–H groups in total. The minimum atomic E-state index is -0.660. The molecular formula is C24H21ClF2N6O. The number of nitrogens with one attached hydrogen (secondary N) is 2.